The maximum atomic E-state index is 6.36. The molecule has 0 fully saturated rings. The first kappa shape index (κ1) is 17.1. The zero-order valence-corrected chi connectivity index (χ0v) is 14.8. The molecule has 0 amide bonds. The van der Waals surface area contributed by atoms with E-state index in [1.165, 1.54) is 0 Å². The Bertz CT molecular complexity index is 684. The van der Waals surface area contributed by atoms with Crippen LogP contribution in [-0.4, -0.2) is 24.8 Å². The predicted molar refractivity (Wildman–Crippen MR) is 97.2 cm³/mol. The first-order chi connectivity index (χ1) is 10.5. The second-order valence-corrected chi connectivity index (χ2v) is 6.27. The summed E-state index contributed by atoms with van der Waals surface area (Å²) in [5.74, 6) is 0. The maximum Gasteiger partial charge on any atom is 0.0910 e. The summed E-state index contributed by atoms with van der Waals surface area (Å²) in [6, 6.07) is 11.4. The van der Waals surface area contributed by atoms with Crippen LogP contribution in [0, 0.1) is 0 Å². The van der Waals surface area contributed by atoms with Gasteiger partial charge in [-0.2, -0.15) is 0 Å². The van der Waals surface area contributed by atoms with E-state index >= 15 is 0 Å². The van der Waals surface area contributed by atoms with Gasteiger partial charge in [0.25, 0.3) is 0 Å². The van der Waals surface area contributed by atoms with E-state index in [1.807, 2.05) is 42.3 Å². The van der Waals surface area contributed by atoms with E-state index in [0.29, 0.717) is 27.2 Å². The Kier molecular flexibility index (Phi) is 6.13. The van der Waals surface area contributed by atoms with Crippen LogP contribution in [0.3, 0.4) is 0 Å². The third kappa shape index (κ3) is 4.64. The van der Waals surface area contributed by atoms with Crippen LogP contribution in [0.2, 0.25) is 15.1 Å². The molecule has 0 bridgehead atoms. The van der Waals surface area contributed by atoms with Crippen molar-refractivity contribution in [2.75, 3.05) is 13.6 Å². The Morgan fingerprint density at radius 3 is 2.55 bits per heavy atom. The number of benzene rings is 2. The molecular formula is C17H17Cl3N2. The third-order valence-corrected chi connectivity index (χ3v) is 4.18. The molecule has 0 saturated carbocycles. The van der Waals surface area contributed by atoms with Crippen LogP contribution in [-0.2, 0) is 6.42 Å². The van der Waals surface area contributed by atoms with Gasteiger partial charge in [-0.3, -0.25) is 0 Å². The van der Waals surface area contributed by atoms with Crippen LogP contribution in [0.15, 0.2) is 41.4 Å². The highest BCUT2D eigenvalue weighted by molar-refractivity contribution is 6.35. The van der Waals surface area contributed by atoms with Crippen LogP contribution in [0.25, 0.3) is 0 Å². The second-order valence-electron chi connectivity index (χ2n) is 5.02. The summed E-state index contributed by atoms with van der Waals surface area (Å²) in [4.78, 5) is 6.33. The van der Waals surface area contributed by atoms with Crippen LogP contribution in [0.1, 0.15) is 18.1 Å². The zero-order chi connectivity index (χ0) is 16.1. The molecule has 0 aliphatic rings. The molecule has 0 aromatic heterocycles. The summed E-state index contributed by atoms with van der Waals surface area (Å²) in [5.41, 5.74) is 2.71. The molecule has 0 saturated heterocycles. The van der Waals surface area contributed by atoms with Crippen molar-refractivity contribution in [3.05, 3.63) is 62.6 Å². The summed E-state index contributed by atoms with van der Waals surface area (Å²) in [6.45, 7) is 2.93. The summed E-state index contributed by atoms with van der Waals surface area (Å²) in [7, 11) is 1.95. The van der Waals surface area contributed by atoms with Gasteiger partial charge in [0.15, 0.2) is 0 Å². The van der Waals surface area contributed by atoms with Crippen LogP contribution in [0.5, 0.6) is 0 Å². The van der Waals surface area contributed by atoms with Crippen molar-refractivity contribution in [3.63, 3.8) is 0 Å². The highest BCUT2D eigenvalue weighted by atomic mass is 35.5. The van der Waals surface area contributed by atoms with E-state index in [4.69, 9.17) is 34.8 Å². The van der Waals surface area contributed by atoms with Crippen molar-refractivity contribution in [1.29, 1.82) is 0 Å². The van der Waals surface area contributed by atoms with E-state index in [1.54, 1.807) is 12.4 Å². The Hall–Kier alpha value is -1.22. The highest BCUT2D eigenvalue weighted by Gasteiger charge is 2.08. The molecular weight excluding hydrogens is 339 g/mol. The fraction of sp³-hybridized carbons (Fsp3) is 0.235. The second kappa shape index (κ2) is 7.87. The smallest absolute Gasteiger partial charge is 0.0910 e. The largest absolute Gasteiger partial charge is 0.366 e. The lowest BCUT2D eigenvalue weighted by atomic mass is 10.0. The van der Waals surface area contributed by atoms with Gasteiger partial charge in [0.1, 0.15) is 0 Å². The normalized spacial score (nSPS) is 11.1. The molecule has 2 nitrogen and oxygen atoms in total. The van der Waals surface area contributed by atoms with Gasteiger partial charge in [-0.25, -0.2) is 4.99 Å². The summed E-state index contributed by atoms with van der Waals surface area (Å²) in [5, 5.41) is 1.95. The van der Waals surface area contributed by atoms with E-state index in [9.17, 15) is 0 Å². The summed E-state index contributed by atoms with van der Waals surface area (Å²) in [6.07, 6.45) is 2.42. The lowest BCUT2D eigenvalue weighted by Gasteiger charge is -2.10. The Labute approximate surface area is 146 Å². The number of halogens is 3. The molecule has 0 spiro atoms. The third-order valence-electron chi connectivity index (χ3n) is 3.29. The SMILES string of the molecule is CCN(C)C=Nc1cc(Cl)c(Cc2cccc(Cl)c2)cc1Cl. The average molecular weight is 356 g/mol. The van der Waals surface area contributed by atoms with Gasteiger partial charge in [0, 0.05) is 23.6 Å². The van der Waals surface area contributed by atoms with Gasteiger partial charge in [-0.1, -0.05) is 46.9 Å². The summed E-state index contributed by atoms with van der Waals surface area (Å²) < 4.78 is 0. The van der Waals surface area contributed by atoms with Crippen molar-refractivity contribution in [2.24, 2.45) is 4.99 Å². The molecule has 2 aromatic rings. The fourth-order valence-electron chi connectivity index (χ4n) is 1.92. The van der Waals surface area contributed by atoms with Gasteiger partial charge in [0.05, 0.1) is 17.0 Å². The number of rotatable bonds is 5. The average Bonchev–Trinajstić information content (AvgIpc) is 2.49. The molecule has 2 aromatic carbocycles. The number of nitrogens with zero attached hydrogens (tertiary/aromatic N) is 2. The molecule has 116 valence electrons. The van der Waals surface area contributed by atoms with Crippen molar-refractivity contribution >= 4 is 46.8 Å². The van der Waals surface area contributed by atoms with Crippen molar-refractivity contribution in [2.45, 2.75) is 13.3 Å². The predicted octanol–water partition coefficient (Wildman–Crippen LogP) is 5.85. The first-order valence-corrected chi connectivity index (χ1v) is 8.09. The number of hydrogen-bond donors (Lipinski definition) is 0. The van der Waals surface area contributed by atoms with Crippen molar-refractivity contribution in [3.8, 4) is 0 Å². The topological polar surface area (TPSA) is 15.6 Å². The van der Waals surface area contributed by atoms with E-state index < -0.39 is 0 Å². The Morgan fingerprint density at radius 1 is 1.09 bits per heavy atom. The van der Waals surface area contributed by atoms with Crippen LogP contribution < -0.4 is 0 Å². The zero-order valence-electron chi connectivity index (χ0n) is 12.5. The van der Waals surface area contributed by atoms with Crippen LogP contribution in [0.4, 0.5) is 5.69 Å². The molecule has 0 heterocycles. The fourth-order valence-corrected chi connectivity index (χ4v) is 2.59. The van der Waals surface area contributed by atoms with Gasteiger partial charge in [-0.05, 0) is 48.7 Å². The first-order valence-electron chi connectivity index (χ1n) is 6.96. The van der Waals surface area contributed by atoms with Gasteiger partial charge < -0.3 is 4.90 Å². The number of aliphatic imine (C=N–C) groups is 1. The molecule has 0 aliphatic carbocycles. The Balaban J connectivity index is 2.24. The number of hydrogen-bond acceptors (Lipinski definition) is 1. The van der Waals surface area contributed by atoms with Crippen molar-refractivity contribution < 1.29 is 0 Å². The van der Waals surface area contributed by atoms with E-state index in [-0.39, 0.29) is 0 Å². The minimum Gasteiger partial charge on any atom is -0.366 e. The lowest BCUT2D eigenvalue weighted by molar-refractivity contribution is 0.552. The molecule has 0 aliphatic heterocycles. The molecule has 2 rings (SSSR count). The molecule has 0 unspecified atom stereocenters. The molecule has 22 heavy (non-hydrogen) atoms. The molecule has 0 N–H and O–H groups in total. The monoisotopic (exact) mass is 354 g/mol. The quantitative estimate of drug-likeness (QED) is 0.485. The Morgan fingerprint density at radius 2 is 1.86 bits per heavy atom. The minimum absolute atomic E-state index is 0.585. The molecule has 0 radical (unpaired) electrons. The highest BCUT2D eigenvalue weighted by Crippen LogP contribution is 2.32. The molecule has 5 heteroatoms. The minimum atomic E-state index is 0.585. The maximum absolute atomic E-state index is 6.36. The van der Waals surface area contributed by atoms with Gasteiger partial charge in [0.2, 0.25) is 0 Å². The van der Waals surface area contributed by atoms with E-state index in [2.05, 4.69) is 11.9 Å². The summed E-state index contributed by atoms with van der Waals surface area (Å²) >= 11 is 18.7. The van der Waals surface area contributed by atoms with Gasteiger partial charge in [-0.15, -0.1) is 0 Å². The standard InChI is InChI=1S/C17H17Cl3N2/c1-3-22(2)11-21-17-10-15(19)13(9-16(17)20)7-12-5-4-6-14(18)8-12/h4-6,8-11H,3,7H2,1-2H3. The molecule has 0 atom stereocenters. The van der Waals surface area contributed by atoms with Crippen molar-refractivity contribution in [1.82, 2.24) is 4.90 Å². The van der Waals surface area contributed by atoms with Gasteiger partial charge >= 0.3 is 0 Å². The van der Waals surface area contributed by atoms with Crippen LogP contribution >= 0.6 is 34.8 Å². The van der Waals surface area contributed by atoms with E-state index in [0.717, 1.165) is 17.7 Å². The lowest BCUT2D eigenvalue weighted by Crippen LogP contribution is -2.14.